The monoisotopic (exact) mass is 493 g/mol. The van der Waals surface area contributed by atoms with Crippen molar-refractivity contribution in [2.45, 2.75) is 26.4 Å². The van der Waals surface area contributed by atoms with E-state index >= 15 is 0 Å². The summed E-state index contributed by atoms with van der Waals surface area (Å²) in [5.74, 6) is 0.368. The van der Waals surface area contributed by atoms with E-state index in [1.165, 1.54) is 0 Å². The standard InChI is InChI=1S/C14H22F3N5OS.HI/c1-13(2,11(23)18-3)8-21-12(19-4)20-6-5-10-22-9(7-24-10)14(15,16)17;/h7H,5-6,8H2,1-4H3,(H,18,23)(H2,19,20,21);1H. The van der Waals surface area contributed by atoms with Gasteiger partial charge in [0.1, 0.15) is 0 Å². The number of thiazole rings is 1. The Morgan fingerprint density at radius 1 is 1.32 bits per heavy atom. The molecule has 1 heterocycles. The third kappa shape index (κ3) is 7.75. The molecule has 1 aromatic rings. The molecular weight excluding hydrogens is 470 g/mol. The number of carbonyl (C=O) groups is 1. The molecule has 0 aliphatic carbocycles. The minimum atomic E-state index is -4.41. The van der Waals surface area contributed by atoms with Gasteiger partial charge in [-0.2, -0.15) is 13.2 Å². The lowest BCUT2D eigenvalue weighted by Crippen LogP contribution is -2.47. The van der Waals surface area contributed by atoms with Gasteiger partial charge < -0.3 is 16.0 Å². The van der Waals surface area contributed by atoms with E-state index in [2.05, 4.69) is 25.9 Å². The van der Waals surface area contributed by atoms with Crippen LogP contribution in [-0.4, -0.2) is 44.0 Å². The van der Waals surface area contributed by atoms with Crippen molar-refractivity contribution in [2.24, 2.45) is 10.4 Å². The van der Waals surface area contributed by atoms with Crippen molar-refractivity contribution in [1.29, 1.82) is 0 Å². The van der Waals surface area contributed by atoms with Gasteiger partial charge in [-0.1, -0.05) is 0 Å². The number of aliphatic imine (C=N–C) groups is 1. The average molecular weight is 493 g/mol. The van der Waals surface area contributed by atoms with Crippen LogP contribution in [0, 0.1) is 5.41 Å². The highest BCUT2D eigenvalue weighted by Crippen LogP contribution is 2.29. The number of carbonyl (C=O) groups excluding carboxylic acids is 1. The Kier molecular flexibility index (Phi) is 9.69. The Bertz CT molecular complexity index is 589. The highest BCUT2D eigenvalue weighted by atomic mass is 127. The molecule has 0 aliphatic heterocycles. The Balaban J connectivity index is 0.00000576. The maximum absolute atomic E-state index is 12.5. The van der Waals surface area contributed by atoms with Gasteiger partial charge in [0, 0.05) is 39.0 Å². The first kappa shape index (κ1) is 23.9. The molecule has 1 rings (SSSR count). The van der Waals surface area contributed by atoms with Crippen LogP contribution in [0.5, 0.6) is 0 Å². The zero-order valence-corrected chi connectivity index (χ0v) is 17.6. The summed E-state index contributed by atoms with van der Waals surface area (Å²) in [5, 5.41) is 10.0. The highest BCUT2D eigenvalue weighted by molar-refractivity contribution is 14.0. The number of alkyl halides is 3. The molecule has 144 valence electrons. The van der Waals surface area contributed by atoms with E-state index in [-0.39, 0.29) is 29.9 Å². The molecular formula is C14H23F3IN5OS. The quantitative estimate of drug-likeness (QED) is 0.323. The fraction of sp³-hybridized carbons (Fsp3) is 0.643. The van der Waals surface area contributed by atoms with Crippen LogP contribution in [0.25, 0.3) is 0 Å². The van der Waals surface area contributed by atoms with Crippen molar-refractivity contribution in [1.82, 2.24) is 20.9 Å². The maximum Gasteiger partial charge on any atom is 0.434 e. The van der Waals surface area contributed by atoms with Crippen molar-refractivity contribution in [3.05, 3.63) is 16.1 Å². The van der Waals surface area contributed by atoms with Gasteiger partial charge in [-0.15, -0.1) is 35.3 Å². The van der Waals surface area contributed by atoms with E-state index in [0.29, 0.717) is 30.5 Å². The normalized spacial score (nSPS) is 12.4. The second-order valence-electron chi connectivity index (χ2n) is 5.69. The van der Waals surface area contributed by atoms with Crippen LogP contribution in [0.15, 0.2) is 10.4 Å². The number of nitrogens with one attached hydrogen (secondary N) is 3. The smallest absolute Gasteiger partial charge is 0.359 e. The molecule has 3 N–H and O–H groups in total. The lowest BCUT2D eigenvalue weighted by atomic mass is 9.92. The third-order valence-electron chi connectivity index (χ3n) is 3.24. The molecule has 1 amide bonds. The van der Waals surface area contributed by atoms with Crippen LogP contribution >= 0.6 is 35.3 Å². The molecule has 0 saturated carbocycles. The molecule has 6 nitrogen and oxygen atoms in total. The van der Waals surface area contributed by atoms with Gasteiger partial charge in [0.15, 0.2) is 11.7 Å². The molecule has 11 heteroatoms. The molecule has 0 radical (unpaired) electrons. The Hall–Kier alpha value is -1.11. The molecule has 0 bridgehead atoms. The molecule has 0 atom stereocenters. The van der Waals surface area contributed by atoms with E-state index in [1.807, 2.05) is 0 Å². The van der Waals surface area contributed by atoms with Crippen molar-refractivity contribution in [3.8, 4) is 0 Å². The molecule has 0 aromatic carbocycles. The van der Waals surface area contributed by atoms with Gasteiger partial charge in [-0.3, -0.25) is 9.79 Å². The molecule has 0 saturated heterocycles. The molecule has 0 spiro atoms. The first-order valence-corrected chi connectivity index (χ1v) is 8.16. The molecule has 1 aromatic heterocycles. The van der Waals surface area contributed by atoms with E-state index in [0.717, 1.165) is 16.7 Å². The fourth-order valence-corrected chi connectivity index (χ4v) is 2.59. The van der Waals surface area contributed by atoms with Gasteiger partial charge in [-0.25, -0.2) is 4.98 Å². The molecule has 25 heavy (non-hydrogen) atoms. The van der Waals surface area contributed by atoms with Gasteiger partial charge in [0.25, 0.3) is 0 Å². The summed E-state index contributed by atoms with van der Waals surface area (Å²) in [6.45, 7) is 4.33. The minimum absolute atomic E-state index is 0. The largest absolute Gasteiger partial charge is 0.434 e. The van der Waals surface area contributed by atoms with E-state index < -0.39 is 17.3 Å². The number of hydrogen-bond donors (Lipinski definition) is 3. The first-order chi connectivity index (χ1) is 11.1. The first-order valence-electron chi connectivity index (χ1n) is 7.28. The predicted octanol–water partition coefficient (Wildman–Crippen LogP) is 2.26. The summed E-state index contributed by atoms with van der Waals surface area (Å²) in [5.41, 5.74) is -1.49. The Morgan fingerprint density at radius 3 is 2.44 bits per heavy atom. The summed E-state index contributed by atoms with van der Waals surface area (Å²) in [7, 11) is 3.15. The molecule has 0 fully saturated rings. The SMILES string of the molecule is CN=C(NCCc1nc(C(F)(F)F)cs1)NCC(C)(C)C(=O)NC.I. The van der Waals surface area contributed by atoms with Crippen LogP contribution in [0.3, 0.4) is 0 Å². The van der Waals surface area contributed by atoms with E-state index in [1.54, 1.807) is 27.9 Å². The van der Waals surface area contributed by atoms with Gasteiger partial charge in [0.2, 0.25) is 5.91 Å². The number of nitrogens with zero attached hydrogens (tertiary/aromatic N) is 2. The van der Waals surface area contributed by atoms with Gasteiger partial charge >= 0.3 is 6.18 Å². The third-order valence-corrected chi connectivity index (χ3v) is 4.15. The lowest BCUT2D eigenvalue weighted by Gasteiger charge is -2.24. The van der Waals surface area contributed by atoms with Crippen molar-refractivity contribution >= 4 is 47.2 Å². The minimum Gasteiger partial charge on any atom is -0.359 e. The maximum atomic E-state index is 12.5. The fourth-order valence-electron chi connectivity index (χ4n) is 1.79. The summed E-state index contributed by atoms with van der Waals surface area (Å²) < 4.78 is 37.4. The van der Waals surface area contributed by atoms with Crippen molar-refractivity contribution < 1.29 is 18.0 Å². The number of aromatic nitrogens is 1. The zero-order valence-electron chi connectivity index (χ0n) is 14.5. The second kappa shape index (κ2) is 10.1. The lowest BCUT2D eigenvalue weighted by molar-refractivity contribution is -0.140. The number of hydrogen-bond acceptors (Lipinski definition) is 4. The number of rotatable bonds is 6. The number of guanidine groups is 1. The van der Waals surface area contributed by atoms with Crippen molar-refractivity contribution in [2.75, 3.05) is 27.2 Å². The van der Waals surface area contributed by atoms with Crippen LogP contribution in [0.4, 0.5) is 13.2 Å². The predicted molar refractivity (Wildman–Crippen MR) is 103 cm³/mol. The summed E-state index contributed by atoms with van der Waals surface area (Å²) in [4.78, 5) is 19.3. The van der Waals surface area contributed by atoms with Gasteiger partial charge in [0.05, 0.1) is 10.4 Å². The topological polar surface area (TPSA) is 78.4 Å². The Morgan fingerprint density at radius 2 is 1.96 bits per heavy atom. The second-order valence-corrected chi connectivity index (χ2v) is 6.63. The summed E-state index contributed by atoms with van der Waals surface area (Å²) in [6.07, 6.45) is -4.06. The molecule has 0 aliphatic rings. The summed E-state index contributed by atoms with van der Waals surface area (Å²) >= 11 is 0.976. The van der Waals surface area contributed by atoms with Crippen molar-refractivity contribution in [3.63, 3.8) is 0 Å². The molecule has 0 unspecified atom stereocenters. The number of amides is 1. The van der Waals surface area contributed by atoms with E-state index in [9.17, 15) is 18.0 Å². The van der Waals surface area contributed by atoms with Crippen LogP contribution in [-0.2, 0) is 17.4 Å². The van der Waals surface area contributed by atoms with Crippen LogP contribution in [0.1, 0.15) is 24.5 Å². The van der Waals surface area contributed by atoms with E-state index in [4.69, 9.17) is 0 Å². The average Bonchev–Trinajstić information content (AvgIpc) is 2.98. The zero-order chi connectivity index (χ0) is 18.4. The highest BCUT2D eigenvalue weighted by Gasteiger charge is 2.33. The van der Waals surface area contributed by atoms with Gasteiger partial charge in [-0.05, 0) is 13.8 Å². The van der Waals surface area contributed by atoms with Crippen LogP contribution in [0.2, 0.25) is 0 Å². The summed E-state index contributed by atoms with van der Waals surface area (Å²) in [6, 6.07) is 0. The Labute approximate surface area is 166 Å². The van der Waals surface area contributed by atoms with Crippen LogP contribution < -0.4 is 16.0 Å². The number of halogens is 4.